The van der Waals surface area contributed by atoms with Gasteiger partial charge in [0.15, 0.2) is 5.96 Å². The molecule has 2 rings (SSSR count). The average Bonchev–Trinajstić information content (AvgIpc) is 3.37. The summed E-state index contributed by atoms with van der Waals surface area (Å²) in [5.74, 6) is 2.12. The van der Waals surface area contributed by atoms with E-state index in [4.69, 9.17) is 4.74 Å². The Balaban J connectivity index is 1.53. The average molecular weight is 361 g/mol. The molecule has 0 aromatic heterocycles. The van der Waals surface area contributed by atoms with E-state index in [1.54, 1.807) is 11.4 Å². The van der Waals surface area contributed by atoms with Crippen LogP contribution in [-0.4, -0.2) is 71.4 Å². The summed E-state index contributed by atoms with van der Waals surface area (Å²) in [6.07, 6.45) is 6.71. The largest absolute Gasteiger partial charge is 0.381 e. The number of piperidine rings is 1. The maximum Gasteiger partial charge on any atom is 0.211 e. The van der Waals surface area contributed by atoms with E-state index in [2.05, 4.69) is 15.6 Å². The molecule has 1 aliphatic carbocycles. The number of rotatable bonds is 9. The number of ether oxygens (including phenoxy) is 1. The molecule has 2 N–H and O–H groups in total. The van der Waals surface area contributed by atoms with Crippen LogP contribution in [0.1, 0.15) is 32.1 Å². The molecular formula is C16H32N4O3S. The summed E-state index contributed by atoms with van der Waals surface area (Å²) in [6, 6.07) is 0. The summed E-state index contributed by atoms with van der Waals surface area (Å²) in [5.41, 5.74) is 0. The van der Waals surface area contributed by atoms with Crippen molar-refractivity contribution in [1.82, 2.24) is 14.9 Å². The van der Waals surface area contributed by atoms with Gasteiger partial charge in [0, 0.05) is 46.4 Å². The molecule has 1 aliphatic heterocycles. The third-order valence-corrected chi connectivity index (χ3v) is 5.94. The molecular weight excluding hydrogens is 328 g/mol. The molecule has 1 saturated heterocycles. The summed E-state index contributed by atoms with van der Waals surface area (Å²) in [6.45, 7) is 4.63. The quantitative estimate of drug-likeness (QED) is 0.358. The Bertz CT molecular complexity index is 497. The van der Waals surface area contributed by atoms with E-state index in [0.29, 0.717) is 19.0 Å². The molecule has 7 nitrogen and oxygen atoms in total. The molecule has 0 amide bonds. The Kier molecular flexibility index (Phi) is 7.77. The summed E-state index contributed by atoms with van der Waals surface area (Å²) in [5, 5.41) is 6.64. The second-order valence-corrected chi connectivity index (χ2v) is 8.84. The lowest BCUT2D eigenvalue weighted by Gasteiger charge is -2.30. The maximum absolute atomic E-state index is 11.5. The van der Waals surface area contributed by atoms with E-state index < -0.39 is 10.0 Å². The van der Waals surface area contributed by atoms with Gasteiger partial charge in [-0.05, 0) is 43.9 Å². The molecule has 0 spiro atoms. The Morgan fingerprint density at radius 3 is 2.46 bits per heavy atom. The van der Waals surface area contributed by atoms with Crippen molar-refractivity contribution in [2.24, 2.45) is 16.8 Å². The van der Waals surface area contributed by atoms with Gasteiger partial charge < -0.3 is 15.4 Å². The van der Waals surface area contributed by atoms with Gasteiger partial charge in [0.2, 0.25) is 10.0 Å². The molecule has 0 atom stereocenters. The van der Waals surface area contributed by atoms with Gasteiger partial charge in [-0.3, -0.25) is 4.99 Å². The lowest BCUT2D eigenvalue weighted by atomic mass is 9.98. The summed E-state index contributed by atoms with van der Waals surface area (Å²) < 4.78 is 30.2. The summed E-state index contributed by atoms with van der Waals surface area (Å²) >= 11 is 0. The zero-order chi connectivity index (χ0) is 17.4. The maximum atomic E-state index is 11.5. The number of nitrogens with zero attached hydrogens (tertiary/aromatic N) is 2. The number of aliphatic imine (C=N–C) groups is 1. The molecule has 0 aromatic rings. The van der Waals surface area contributed by atoms with Gasteiger partial charge in [0.05, 0.1) is 6.26 Å². The summed E-state index contributed by atoms with van der Waals surface area (Å²) in [7, 11) is -1.27. The lowest BCUT2D eigenvalue weighted by Crippen LogP contribution is -2.44. The smallest absolute Gasteiger partial charge is 0.211 e. The Labute approximate surface area is 146 Å². The van der Waals surface area contributed by atoms with E-state index in [0.717, 1.165) is 57.4 Å². The Morgan fingerprint density at radius 2 is 1.88 bits per heavy atom. The van der Waals surface area contributed by atoms with Gasteiger partial charge in [-0.25, -0.2) is 12.7 Å². The van der Waals surface area contributed by atoms with Gasteiger partial charge in [0.1, 0.15) is 0 Å². The summed E-state index contributed by atoms with van der Waals surface area (Å²) in [4.78, 5) is 4.23. The van der Waals surface area contributed by atoms with Gasteiger partial charge in [-0.1, -0.05) is 0 Å². The van der Waals surface area contributed by atoms with Crippen LogP contribution in [-0.2, 0) is 14.8 Å². The zero-order valence-electron chi connectivity index (χ0n) is 15.0. The van der Waals surface area contributed by atoms with Crippen molar-refractivity contribution < 1.29 is 13.2 Å². The molecule has 1 heterocycles. The minimum atomic E-state index is -3.04. The van der Waals surface area contributed by atoms with Crippen molar-refractivity contribution in [3.8, 4) is 0 Å². The fourth-order valence-corrected chi connectivity index (χ4v) is 3.70. The van der Waals surface area contributed by atoms with Gasteiger partial charge in [-0.2, -0.15) is 0 Å². The van der Waals surface area contributed by atoms with Crippen LogP contribution in [0.15, 0.2) is 4.99 Å². The minimum Gasteiger partial charge on any atom is -0.381 e. The number of nitrogens with one attached hydrogen (secondary N) is 2. The highest BCUT2D eigenvalue weighted by Gasteiger charge is 2.24. The number of guanidine groups is 1. The molecule has 0 unspecified atom stereocenters. The molecule has 2 fully saturated rings. The number of hydrogen-bond acceptors (Lipinski definition) is 4. The third kappa shape index (κ3) is 7.36. The van der Waals surface area contributed by atoms with E-state index in [1.165, 1.54) is 19.1 Å². The van der Waals surface area contributed by atoms with Gasteiger partial charge in [-0.15, -0.1) is 0 Å². The SMILES string of the molecule is CN=C(NCCCOCC1CC1)NCC1CCN(S(C)(=O)=O)CC1. The van der Waals surface area contributed by atoms with Crippen LogP contribution < -0.4 is 10.6 Å². The first-order valence-electron chi connectivity index (χ1n) is 8.96. The lowest BCUT2D eigenvalue weighted by molar-refractivity contribution is 0.123. The van der Waals surface area contributed by atoms with Crippen molar-refractivity contribution in [3.63, 3.8) is 0 Å². The molecule has 140 valence electrons. The van der Waals surface area contributed by atoms with Crippen molar-refractivity contribution >= 4 is 16.0 Å². The predicted molar refractivity (Wildman–Crippen MR) is 96.7 cm³/mol. The van der Waals surface area contributed by atoms with Crippen molar-refractivity contribution in [2.45, 2.75) is 32.1 Å². The first kappa shape index (κ1) is 19.5. The van der Waals surface area contributed by atoms with E-state index >= 15 is 0 Å². The molecule has 0 aromatic carbocycles. The predicted octanol–water partition coefficient (Wildman–Crippen LogP) is 0.640. The molecule has 1 saturated carbocycles. The highest BCUT2D eigenvalue weighted by atomic mass is 32.2. The third-order valence-electron chi connectivity index (χ3n) is 4.63. The molecule has 8 heteroatoms. The van der Waals surface area contributed by atoms with Crippen molar-refractivity contribution in [3.05, 3.63) is 0 Å². The highest BCUT2D eigenvalue weighted by molar-refractivity contribution is 7.88. The van der Waals surface area contributed by atoms with Gasteiger partial charge >= 0.3 is 0 Å². The van der Waals surface area contributed by atoms with E-state index in [9.17, 15) is 8.42 Å². The second-order valence-electron chi connectivity index (χ2n) is 6.86. The van der Waals surface area contributed by atoms with Crippen LogP contribution in [0.4, 0.5) is 0 Å². The van der Waals surface area contributed by atoms with Crippen LogP contribution in [0.5, 0.6) is 0 Å². The van der Waals surface area contributed by atoms with Crippen molar-refractivity contribution in [1.29, 1.82) is 0 Å². The first-order chi connectivity index (χ1) is 11.5. The Morgan fingerprint density at radius 1 is 1.17 bits per heavy atom. The van der Waals surface area contributed by atoms with Crippen LogP contribution >= 0.6 is 0 Å². The fraction of sp³-hybridized carbons (Fsp3) is 0.938. The second kappa shape index (κ2) is 9.58. The Hall–Kier alpha value is -0.860. The minimum absolute atomic E-state index is 0.489. The molecule has 2 aliphatic rings. The van der Waals surface area contributed by atoms with Crippen LogP contribution in [0.3, 0.4) is 0 Å². The van der Waals surface area contributed by atoms with Crippen LogP contribution in [0.2, 0.25) is 0 Å². The molecule has 0 bridgehead atoms. The van der Waals surface area contributed by atoms with E-state index in [-0.39, 0.29) is 0 Å². The normalized spacial score (nSPS) is 21.0. The highest BCUT2D eigenvalue weighted by Crippen LogP contribution is 2.28. The zero-order valence-corrected chi connectivity index (χ0v) is 15.8. The number of hydrogen-bond donors (Lipinski definition) is 2. The van der Waals surface area contributed by atoms with Gasteiger partial charge in [0.25, 0.3) is 0 Å². The number of sulfonamides is 1. The standard InChI is InChI=1S/C16H32N4O3S/c1-17-16(18-8-3-11-23-13-15-4-5-15)19-12-14-6-9-20(10-7-14)24(2,21)22/h14-15H,3-13H2,1-2H3,(H2,17,18,19). The molecule has 0 radical (unpaired) electrons. The van der Waals surface area contributed by atoms with E-state index in [1.807, 2.05) is 0 Å². The van der Waals surface area contributed by atoms with Crippen LogP contribution in [0, 0.1) is 11.8 Å². The van der Waals surface area contributed by atoms with Crippen LogP contribution in [0.25, 0.3) is 0 Å². The fourth-order valence-electron chi connectivity index (χ4n) is 2.82. The topological polar surface area (TPSA) is 83.0 Å². The monoisotopic (exact) mass is 360 g/mol. The first-order valence-corrected chi connectivity index (χ1v) is 10.8. The molecule has 24 heavy (non-hydrogen) atoms. The van der Waals surface area contributed by atoms with Crippen molar-refractivity contribution in [2.75, 3.05) is 52.7 Å².